The molecule has 1 unspecified atom stereocenters. The first-order valence-corrected chi connectivity index (χ1v) is 4.75. The smallest absolute Gasteiger partial charge is 0.292 e. The van der Waals surface area contributed by atoms with E-state index in [1.807, 2.05) is 0 Å². The van der Waals surface area contributed by atoms with Crippen LogP contribution in [0, 0.1) is 17.9 Å². The molecule has 0 bridgehead atoms. The summed E-state index contributed by atoms with van der Waals surface area (Å²) in [6.45, 7) is 6.76. The molecule has 0 aliphatic carbocycles. The molecule has 1 heterocycles. The SMILES string of the molecule is [C-]#[N+]C(C#N)(CCC(F)(F)F)Cn1cccn1. The zero-order chi connectivity index (χ0) is 12.9. The first-order chi connectivity index (χ1) is 7.91. The molecule has 90 valence electrons. The van der Waals surface area contributed by atoms with Gasteiger partial charge in [0, 0.05) is 12.4 Å². The second kappa shape index (κ2) is 4.88. The third kappa shape index (κ3) is 3.80. The van der Waals surface area contributed by atoms with Gasteiger partial charge >= 0.3 is 11.7 Å². The molecule has 1 aromatic heterocycles. The molecule has 0 aliphatic rings. The molecule has 0 fully saturated rings. The van der Waals surface area contributed by atoms with Gasteiger partial charge in [-0.1, -0.05) is 0 Å². The number of halogens is 3. The van der Waals surface area contributed by atoms with E-state index < -0.39 is 24.6 Å². The number of hydrogen-bond acceptors (Lipinski definition) is 2. The fourth-order valence-electron chi connectivity index (χ4n) is 1.30. The molecule has 1 rings (SSSR count). The molecular formula is C10H9F3N4. The van der Waals surface area contributed by atoms with Gasteiger partial charge in [-0.15, -0.1) is 0 Å². The summed E-state index contributed by atoms with van der Waals surface area (Å²) in [5.74, 6) is 0. The van der Waals surface area contributed by atoms with Crippen molar-refractivity contribution in [1.82, 2.24) is 9.78 Å². The van der Waals surface area contributed by atoms with Crippen LogP contribution in [0.15, 0.2) is 18.5 Å². The predicted octanol–water partition coefficient (Wildman–Crippen LogP) is 2.41. The van der Waals surface area contributed by atoms with Crippen LogP contribution < -0.4 is 0 Å². The van der Waals surface area contributed by atoms with E-state index in [1.54, 1.807) is 12.1 Å². The van der Waals surface area contributed by atoms with Crippen LogP contribution in [0.1, 0.15) is 12.8 Å². The van der Waals surface area contributed by atoms with Crippen molar-refractivity contribution in [1.29, 1.82) is 5.26 Å². The molecule has 0 aromatic carbocycles. The van der Waals surface area contributed by atoms with Gasteiger partial charge in [-0.05, 0) is 6.07 Å². The van der Waals surface area contributed by atoms with Crippen LogP contribution in [-0.4, -0.2) is 21.5 Å². The van der Waals surface area contributed by atoms with Crippen molar-refractivity contribution >= 4 is 0 Å². The maximum Gasteiger partial charge on any atom is 0.389 e. The number of rotatable bonds is 4. The zero-order valence-electron chi connectivity index (χ0n) is 8.78. The third-order valence-electron chi connectivity index (χ3n) is 2.23. The summed E-state index contributed by atoms with van der Waals surface area (Å²) in [6.07, 6.45) is -3.11. The number of aromatic nitrogens is 2. The van der Waals surface area contributed by atoms with Crippen molar-refractivity contribution in [3.63, 3.8) is 0 Å². The molecule has 1 atom stereocenters. The summed E-state index contributed by atoms with van der Waals surface area (Å²) in [6, 6.07) is 3.24. The van der Waals surface area contributed by atoms with E-state index in [9.17, 15) is 13.2 Å². The molecule has 0 saturated carbocycles. The Hall–Kier alpha value is -2.02. The van der Waals surface area contributed by atoms with Crippen LogP contribution in [0.4, 0.5) is 13.2 Å². The van der Waals surface area contributed by atoms with Gasteiger partial charge in [-0.25, -0.2) is 6.57 Å². The summed E-state index contributed by atoms with van der Waals surface area (Å²) in [4.78, 5) is 3.04. The monoisotopic (exact) mass is 242 g/mol. The van der Waals surface area contributed by atoms with Crippen molar-refractivity contribution in [2.45, 2.75) is 31.1 Å². The summed E-state index contributed by atoms with van der Waals surface area (Å²) in [5.41, 5.74) is -1.71. The maximum absolute atomic E-state index is 12.1. The Morgan fingerprint density at radius 3 is 2.53 bits per heavy atom. The first kappa shape index (κ1) is 13.0. The van der Waals surface area contributed by atoms with Crippen LogP contribution >= 0.6 is 0 Å². The predicted molar refractivity (Wildman–Crippen MR) is 52.5 cm³/mol. The summed E-state index contributed by atoms with van der Waals surface area (Å²) < 4.78 is 37.6. The van der Waals surface area contributed by atoms with Gasteiger partial charge in [-0.2, -0.15) is 23.5 Å². The molecule has 4 nitrogen and oxygen atoms in total. The summed E-state index contributed by atoms with van der Waals surface area (Å²) in [7, 11) is 0. The van der Waals surface area contributed by atoms with Gasteiger partial charge in [-0.3, -0.25) is 9.53 Å². The minimum atomic E-state index is -4.36. The van der Waals surface area contributed by atoms with Gasteiger partial charge in [0.15, 0.2) is 6.07 Å². The van der Waals surface area contributed by atoms with E-state index in [2.05, 4.69) is 9.94 Å². The largest absolute Gasteiger partial charge is 0.389 e. The minimum absolute atomic E-state index is 0.157. The fourth-order valence-corrected chi connectivity index (χ4v) is 1.30. The second-order valence-corrected chi connectivity index (χ2v) is 3.57. The highest BCUT2D eigenvalue weighted by Gasteiger charge is 2.42. The van der Waals surface area contributed by atoms with Crippen LogP contribution in [0.25, 0.3) is 4.85 Å². The lowest BCUT2D eigenvalue weighted by atomic mass is 9.96. The Bertz CT molecular complexity index is 422. The molecule has 1 aromatic rings. The standard InChI is InChI=1S/C10H9F3N4/c1-15-9(7-14,3-4-10(11,12)13)8-17-6-2-5-16-17/h2,5-6H,3-4,8H2. The average Bonchev–Trinajstić information content (AvgIpc) is 2.76. The normalized spacial score (nSPS) is 14.6. The highest BCUT2D eigenvalue weighted by atomic mass is 19.4. The molecule has 0 N–H and O–H groups in total. The Morgan fingerprint density at radius 1 is 1.41 bits per heavy atom. The van der Waals surface area contributed by atoms with E-state index in [0.717, 1.165) is 0 Å². The van der Waals surface area contributed by atoms with Gasteiger partial charge in [0.05, 0.1) is 12.8 Å². The van der Waals surface area contributed by atoms with Gasteiger partial charge in [0.2, 0.25) is 0 Å². The van der Waals surface area contributed by atoms with E-state index in [-0.39, 0.29) is 6.54 Å². The van der Waals surface area contributed by atoms with E-state index in [0.29, 0.717) is 0 Å². The molecule has 7 heteroatoms. The lowest BCUT2D eigenvalue weighted by molar-refractivity contribution is -0.137. The Labute approximate surface area is 96.1 Å². The van der Waals surface area contributed by atoms with Gasteiger partial charge in [0.1, 0.15) is 6.54 Å². The summed E-state index contributed by atoms with van der Waals surface area (Å²) in [5, 5.41) is 12.7. The highest BCUT2D eigenvalue weighted by Crippen LogP contribution is 2.28. The second-order valence-electron chi connectivity index (χ2n) is 3.57. The molecule has 0 amide bonds. The number of hydrogen-bond donors (Lipinski definition) is 0. The van der Waals surface area contributed by atoms with Crippen molar-refractivity contribution in [3.8, 4) is 6.07 Å². The minimum Gasteiger partial charge on any atom is -0.292 e. The van der Waals surface area contributed by atoms with Gasteiger partial charge < -0.3 is 0 Å². The van der Waals surface area contributed by atoms with Crippen LogP contribution in [0.5, 0.6) is 0 Å². The molecular weight excluding hydrogens is 233 g/mol. The van der Waals surface area contributed by atoms with E-state index in [4.69, 9.17) is 11.8 Å². The third-order valence-corrected chi connectivity index (χ3v) is 2.23. The summed E-state index contributed by atoms with van der Waals surface area (Å²) >= 11 is 0. The molecule has 0 radical (unpaired) electrons. The molecule has 0 spiro atoms. The zero-order valence-corrected chi connectivity index (χ0v) is 8.78. The van der Waals surface area contributed by atoms with Crippen LogP contribution in [-0.2, 0) is 6.54 Å². The number of alkyl halides is 3. The first-order valence-electron chi connectivity index (χ1n) is 4.75. The Balaban J connectivity index is 2.77. The molecule has 0 aliphatic heterocycles. The topological polar surface area (TPSA) is 46.0 Å². The lowest BCUT2D eigenvalue weighted by Crippen LogP contribution is -2.31. The van der Waals surface area contributed by atoms with E-state index in [1.165, 1.54) is 17.1 Å². The van der Waals surface area contributed by atoms with Crippen LogP contribution in [0.2, 0.25) is 0 Å². The molecule has 17 heavy (non-hydrogen) atoms. The van der Waals surface area contributed by atoms with Crippen molar-refractivity contribution in [3.05, 3.63) is 29.9 Å². The average molecular weight is 242 g/mol. The van der Waals surface area contributed by atoms with Crippen molar-refractivity contribution in [2.75, 3.05) is 0 Å². The van der Waals surface area contributed by atoms with Gasteiger partial charge in [0.25, 0.3) is 0 Å². The number of nitrogens with zero attached hydrogens (tertiary/aromatic N) is 4. The number of nitriles is 1. The quantitative estimate of drug-likeness (QED) is 0.761. The Morgan fingerprint density at radius 2 is 2.12 bits per heavy atom. The lowest BCUT2D eigenvalue weighted by Gasteiger charge is -2.15. The maximum atomic E-state index is 12.1. The highest BCUT2D eigenvalue weighted by molar-refractivity contribution is 5.15. The fraction of sp³-hybridized carbons (Fsp3) is 0.500. The van der Waals surface area contributed by atoms with Crippen LogP contribution in [0.3, 0.4) is 0 Å². The molecule has 0 saturated heterocycles. The van der Waals surface area contributed by atoms with E-state index >= 15 is 0 Å². The Kier molecular flexibility index (Phi) is 3.74. The van der Waals surface area contributed by atoms with Crippen molar-refractivity contribution in [2.24, 2.45) is 0 Å². The van der Waals surface area contributed by atoms with Crippen molar-refractivity contribution < 1.29 is 13.2 Å².